The van der Waals surface area contributed by atoms with E-state index in [1.807, 2.05) is 0 Å². The highest BCUT2D eigenvalue weighted by molar-refractivity contribution is 5.93. The molecule has 0 aliphatic heterocycles. The van der Waals surface area contributed by atoms with E-state index < -0.39 is 42.1 Å². The van der Waals surface area contributed by atoms with Gasteiger partial charge in [-0.3, -0.25) is 4.79 Å². The SMILES string of the molecule is Cc1ccc(CC(NC(=O)C(C)OC(=O)c2ccc(N=C=O)cc2)C(=O)OC(C)C(=O)Oc2ccc(N=C=O)cc2)cc1OC#N. The molecular formula is C32H26N4O10. The van der Waals surface area contributed by atoms with E-state index in [0.717, 1.165) is 0 Å². The largest absolute Gasteiger partial charge is 0.449 e. The monoisotopic (exact) mass is 626 g/mol. The van der Waals surface area contributed by atoms with Gasteiger partial charge in [-0.1, -0.05) is 12.1 Å². The Balaban J connectivity index is 1.74. The highest BCUT2D eigenvalue weighted by Crippen LogP contribution is 2.22. The molecule has 0 fully saturated rings. The number of aryl methyl sites for hydroxylation is 1. The maximum absolute atomic E-state index is 13.3. The van der Waals surface area contributed by atoms with Gasteiger partial charge in [0.1, 0.15) is 17.5 Å². The zero-order valence-corrected chi connectivity index (χ0v) is 24.7. The number of hydrogen-bond donors (Lipinski definition) is 1. The molecule has 234 valence electrons. The third kappa shape index (κ3) is 9.82. The van der Waals surface area contributed by atoms with Crippen molar-refractivity contribution in [3.05, 3.63) is 83.4 Å². The number of amides is 1. The molecule has 0 radical (unpaired) electrons. The first kappa shape index (κ1) is 34.1. The second-order valence-electron chi connectivity index (χ2n) is 9.55. The van der Waals surface area contributed by atoms with Crippen LogP contribution in [0.5, 0.6) is 11.5 Å². The van der Waals surface area contributed by atoms with Crippen molar-refractivity contribution in [3.8, 4) is 17.8 Å². The molecule has 0 saturated heterocycles. The molecule has 0 aliphatic rings. The standard InChI is InChI=1S/C32H26N4O10/c1-19-4-5-22(15-28(19)43-16-33)14-27(32(42)45-21(3)30(40)46-26-12-10-25(11-13-26)35-18-38)36-29(39)20(2)44-31(41)23-6-8-24(9-7-23)34-17-37/h4-13,15,20-21,27H,14H2,1-3H3,(H,36,39). The van der Waals surface area contributed by atoms with E-state index in [-0.39, 0.29) is 34.9 Å². The number of carbonyl (C=O) groups is 4. The summed E-state index contributed by atoms with van der Waals surface area (Å²) in [6, 6.07) is 14.4. The van der Waals surface area contributed by atoms with Crippen molar-refractivity contribution in [3.63, 3.8) is 0 Å². The number of nitrogens with one attached hydrogen (secondary N) is 1. The lowest BCUT2D eigenvalue weighted by atomic mass is 10.0. The van der Waals surface area contributed by atoms with E-state index >= 15 is 0 Å². The van der Waals surface area contributed by atoms with Crippen LogP contribution in [0, 0.1) is 18.4 Å². The summed E-state index contributed by atoms with van der Waals surface area (Å²) in [5.41, 5.74) is 1.73. The Morgan fingerprint density at radius 2 is 1.43 bits per heavy atom. The number of aliphatic imine (C=N–C) groups is 2. The first-order valence-electron chi connectivity index (χ1n) is 13.5. The maximum atomic E-state index is 13.3. The fourth-order valence-corrected chi connectivity index (χ4v) is 3.80. The molecule has 46 heavy (non-hydrogen) atoms. The van der Waals surface area contributed by atoms with Gasteiger partial charge >= 0.3 is 17.9 Å². The molecule has 0 bridgehead atoms. The Hall–Kier alpha value is -6.41. The molecule has 3 atom stereocenters. The maximum Gasteiger partial charge on any atom is 0.352 e. The van der Waals surface area contributed by atoms with Crippen LogP contribution in [-0.2, 0) is 39.9 Å². The predicted molar refractivity (Wildman–Crippen MR) is 158 cm³/mol. The van der Waals surface area contributed by atoms with Gasteiger partial charge in [-0.2, -0.15) is 9.98 Å². The number of nitriles is 1. The summed E-state index contributed by atoms with van der Waals surface area (Å²) in [5, 5.41) is 11.4. The number of benzene rings is 3. The minimum absolute atomic E-state index is 0.0728. The fraction of sp³-hybridized carbons (Fsp3) is 0.219. The predicted octanol–water partition coefficient (Wildman–Crippen LogP) is 3.60. The molecule has 3 rings (SSSR count). The minimum Gasteiger partial charge on any atom is -0.449 e. The Morgan fingerprint density at radius 3 is 2.02 bits per heavy atom. The van der Waals surface area contributed by atoms with Crippen LogP contribution < -0.4 is 14.8 Å². The zero-order chi connectivity index (χ0) is 33.6. The second kappa shape index (κ2) is 16.4. The molecule has 3 aromatic rings. The summed E-state index contributed by atoms with van der Waals surface area (Å²) in [6.07, 6.45) is 1.39. The Morgan fingerprint density at radius 1 is 0.826 bits per heavy atom. The van der Waals surface area contributed by atoms with Crippen LogP contribution in [0.1, 0.15) is 35.3 Å². The molecule has 0 heterocycles. The summed E-state index contributed by atoms with van der Waals surface area (Å²) in [7, 11) is 0. The van der Waals surface area contributed by atoms with Crippen molar-refractivity contribution in [2.24, 2.45) is 9.98 Å². The minimum atomic E-state index is -1.42. The van der Waals surface area contributed by atoms with E-state index in [0.29, 0.717) is 11.1 Å². The van der Waals surface area contributed by atoms with Crippen molar-refractivity contribution in [1.82, 2.24) is 5.32 Å². The summed E-state index contributed by atoms with van der Waals surface area (Å²) >= 11 is 0. The molecule has 14 heteroatoms. The van der Waals surface area contributed by atoms with Gasteiger partial charge in [0, 0.05) is 6.42 Å². The van der Waals surface area contributed by atoms with E-state index in [1.54, 1.807) is 25.3 Å². The molecule has 3 unspecified atom stereocenters. The van der Waals surface area contributed by atoms with Crippen LogP contribution in [0.4, 0.5) is 11.4 Å². The molecule has 0 aliphatic carbocycles. The molecule has 0 aromatic heterocycles. The van der Waals surface area contributed by atoms with Gasteiger partial charge in [0.25, 0.3) is 12.2 Å². The van der Waals surface area contributed by atoms with Crippen molar-refractivity contribution < 1.29 is 47.7 Å². The van der Waals surface area contributed by atoms with Gasteiger partial charge in [0.05, 0.1) is 16.9 Å². The Labute approximate surface area is 262 Å². The number of rotatable bonds is 13. The smallest absolute Gasteiger partial charge is 0.352 e. The topological polar surface area (TPSA) is 200 Å². The number of ether oxygens (including phenoxy) is 4. The Bertz CT molecular complexity index is 1740. The number of hydrogen-bond acceptors (Lipinski definition) is 13. The van der Waals surface area contributed by atoms with E-state index in [9.17, 15) is 28.8 Å². The zero-order valence-electron chi connectivity index (χ0n) is 24.7. The normalized spacial score (nSPS) is 12.0. The highest BCUT2D eigenvalue weighted by atomic mass is 16.6. The first-order valence-corrected chi connectivity index (χ1v) is 13.5. The lowest BCUT2D eigenvalue weighted by Gasteiger charge is -2.22. The van der Waals surface area contributed by atoms with E-state index in [1.165, 1.54) is 80.6 Å². The molecular weight excluding hydrogens is 600 g/mol. The number of nitrogens with zero attached hydrogens (tertiary/aromatic N) is 3. The van der Waals surface area contributed by atoms with Gasteiger partial charge in [0.15, 0.2) is 12.2 Å². The van der Waals surface area contributed by atoms with Crippen molar-refractivity contribution in [2.45, 2.75) is 45.4 Å². The summed E-state index contributed by atoms with van der Waals surface area (Å²) < 4.78 is 20.7. The fourth-order valence-electron chi connectivity index (χ4n) is 3.80. The van der Waals surface area contributed by atoms with Gasteiger partial charge in [-0.15, -0.1) is 5.26 Å². The van der Waals surface area contributed by atoms with Crippen LogP contribution in [0.2, 0.25) is 0 Å². The van der Waals surface area contributed by atoms with Gasteiger partial charge in [-0.25, -0.2) is 24.0 Å². The quantitative estimate of drug-likeness (QED) is 0.0955. The third-order valence-corrected chi connectivity index (χ3v) is 6.23. The van der Waals surface area contributed by atoms with Gasteiger partial charge < -0.3 is 24.3 Å². The lowest BCUT2D eigenvalue weighted by molar-refractivity contribution is -0.163. The Kier molecular flexibility index (Phi) is 12.2. The first-order chi connectivity index (χ1) is 22.0. The second-order valence-corrected chi connectivity index (χ2v) is 9.55. The van der Waals surface area contributed by atoms with Crippen LogP contribution in [0.3, 0.4) is 0 Å². The summed E-state index contributed by atoms with van der Waals surface area (Å²) in [4.78, 5) is 79.2. The van der Waals surface area contributed by atoms with Gasteiger partial charge in [0.2, 0.25) is 12.2 Å². The lowest BCUT2D eigenvalue weighted by Crippen LogP contribution is -2.48. The van der Waals surface area contributed by atoms with Crippen molar-refractivity contribution in [2.75, 3.05) is 0 Å². The van der Waals surface area contributed by atoms with Crippen LogP contribution in [-0.4, -0.2) is 54.2 Å². The molecule has 3 aromatic carbocycles. The van der Waals surface area contributed by atoms with E-state index in [2.05, 4.69) is 15.3 Å². The molecule has 0 saturated carbocycles. The summed E-state index contributed by atoms with van der Waals surface area (Å²) in [5.74, 6) is -3.34. The molecule has 1 N–H and O–H groups in total. The van der Waals surface area contributed by atoms with Crippen molar-refractivity contribution >= 4 is 47.3 Å². The molecule has 1 amide bonds. The molecule has 0 spiro atoms. The molecule has 14 nitrogen and oxygen atoms in total. The highest BCUT2D eigenvalue weighted by Gasteiger charge is 2.30. The van der Waals surface area contributed by atoms with E-state index in [4.69, 9.17) is 24.2 Å². The van der Waals surface area contributed by atoms with Crippen LogP contribution >= 0.6 is 0 Å². The van der Waals surface area contributed by atoms with Gasteiger partial charge in [-0.05, 0) is 86.5 Å². The number of carbonyl (C=O) groups excluding carboxylic acids is 6. The average molecular weight is 627 g/mol. The number of esters is 3. The average Bonchev–Trinajstić information content (AvgIpc) is 3.03. The van der Waals surface area contributed by atoms with Crippen LogP contribution in [0.25, 0.3) is 0 Å². The third-order valence-electron chi connectivity index (χ3n) is 6.23. The summed E-state index contributed by atoms with van der Waals surface area (Å²) in [6.45, 7) is 4.27. The van der Waals surface area contributed by atoms with Crippen LogP contribution in [0.15, 0.2) is 76.7 Å². The number of isocyanates is 2. The van der Waals surface area contributed by atoms with Crippen molar-refractivity contribution in [1.29, 1.82) is 5.26 Å².